The van der Waals surface area contributed by atoms with Crippen LogP contribution in [-0.2, 0) is 0 Å². The lowest BCUT2D eigenvalue weighted by atomic mass is 10.2. The second-order valence-electron chi connectivity index (χ2n) is 5.03. The molecule has 1 N–H and O–H groups in total. The second kappa shape index (κ2) is 6.32. The third-order valence-corrected chi connectivity index (χ3v) is 3.48. The zero-order valence-electron chi connectivity index (χ0n) is 11.5. The summed E-state index contributed by atoms with van der Waals surface area (Å²) >= 11 is 0. The van der Waals surface area contributed by atoms with Crippen LogP contribution < -0.4 is 10.2 Å². The molecular formula is C15H19N5. The number of hydrogen-bond acceptors (Lipinski definition) is 5. The fraction of sp³-hybridized carbons (Fsp3) is 0.400. The SMILES string of the molecule is c1ccc(Nc2cnnc(N3CCCCCC3)n2)cc1. The van der Waals surface area contributed by atoms with Gasteiger partial charge in [0.2, 0.25) is 5.95 Å². The molecule has 0 bridgehead atoms. The van der Waals surface area contributed by atoms with E-state index in [1.165, 1.54) is 25.7 Å². The van der Waals surface area contributed by atoms with Crippen molar-refractivity contribution in [1.29, 1.82) is 0 Å². The van der Waals surface area contributed by atoms with Crippen molar-refractivity contribution in [2.24, 2.45) is 0 Å². The number of rotatable bonds is 3. The molecule has 2 aromatic rings. The van der Waals surface area contributed by atoms with Crippen molar-refractivity contribution in [3.05, 3.63) is 36.5 Å². The number of benzene rings is 1. The molecule has 1 aliphatic rings. The fourth-order valence-corrected chi connectivity index (χ4v) is 2.43. The first-order valence-corrected chi connectivity index (χ1v) is 7.18. The third kappa shape index (κ3) is 3.23. The van der Waals surface area contributed by atoms with Crippen LogP contribution >= 0.6 is 0 Å². The largest absolute Gasteiger partial charge is 0.339 e. The van der Waals surface area contributed by atoms with Crippen LogP contribution in [0.3, 0.4) is 0 Å². The highest BCUT2D eigenvalue weighted by molar-refractivity contribution is 5.55. The van der Waals surface area contributed by atoms with E-state index >= 15 is 0 Å². The molecule has 0 unspecified atom stereocenters. The maximum atomic E-state index is 4.57. The Morgan fingerprint density at radius 1 is 0.950 bits per heavy atom. The fourth-order valence-electron chi connectivity index (χ4n) is 2.43. The van der Waals surface area contributed by atoms with Crippen molar-refractivity contribution < 1.29 is 0 Å². The highest BCUT2D eigenvalue weighted by Crippen LogP contribution is 2.18. The smallest absolute Gasteiger partial charge is 0.247 e. The van der Waals surface area contributed by atoms with E-state index in [-0.39, 0.29) is 0 Å². The molecule has 0 aliphatic carbocycles. The molecule has 0 amide bonds. The number of para-hydroxylation sites is 1. The summed E-state index contributed by atoms with van der Waals surface area (Å²) in [6.07, 6.45) is 6.67. The van der Waals surface area contributed by atoms with Gasteiger partial charge in [0.1, 0.15) is 0 Å². The molecule has 1 aliphatic heterocycles. The summed E-state index contributed by atoms with van der Waals surface area (Å²) in [6, 6.07) is 9.99. The van der Waals surface area contributed by atoms with Gasteiger partial charge in [0.05, 0.1) is 6.20 Å². The summed E-state index contributed by atoms with van der Waals surface area (Å²) in [5.74, 6) is 1.47. The Labute approximate surface area is 119 Å². The molecule has 2 heterocycles. The first-order chi connectivity index (χ1) is 9.92. The molecule has 5 nitrogen and oxygen atoms in total. The van der Waals surface area contributed by atoms with Gasteiger partial charge in [-0.05, 0) is 25.0 Å². The van der Waals surface area contributed by atoms with E-state index in [4.69, 9.17) is 0 Å². The molecule has 0 atom stereocenters. The maximum absolute atomic E-state index is 4.57. The molecule has 20 heavy (non-hydrogen) atoms. The van der Waals surface area contributed by atoms with Gasteiger partial charge in [0.25, 0.3) is 0 Å². The predicted molar refractivity (Wildman–Crippen MR) is 80.2 cm³/mol. The van der Waals surface area contributed by atoms with Crippen molar-refractivity contribution in [2.45, 2.75) is 25.7 Å². The van der Waals surface area contributed by atoms with Gasteiger partial charge < -0.3 is 10.2 Å². The molecule has 104 valence electrons. The lowest BCUT2D eigenvalue weighted by Gasteiger charge is -2.19. The van der Waals surface area contributed by atoms with Crippen molar-refractivity contribution in [2.75, 3.05) is 23.3 Å². The molecule has 0 spiro atoms. The topological polar surface area (TPSA) is 53.9 Å². The van der Waals surface area contributed by atoms with E-state index in [0.717, 1.165) is 30.5 Å². The summed E-state index contributed by atoms with van der Waals surface area (Å²) in [7, 11) is 0. The Morgan fingerprint density at radius 3 is 2.45 bits per heavy atom. The van der Waals surface area contributed by atoms with Gasteiger partial charge in [-0.2, -0.15) is 10.1 Å². The van der Waals surface area contributed by atoms with Crippen molar-refractivity contribution in [1.82, 2.24) is 15.2 Å². The lowest BCUT2D eigenvalue weighted by Crippen LogP contribution is -2.26. The van der Waals surface area contributed by atoms with Gasteiger partial charge >= 0.3 is 0 Å². The molecule has 5 heteroatoms. The highest BCUT2D eigenvalue weighted by atomic mass is 15.3. The third-order valence-electron chi connectivity index (χ3n) is 3.48. The molecular weight excluding hydrogens is 250 g/mol. The summed E-state index contributed by atoms with van der Waals surface area (Å²) in [6.45, 7) is 2.05. The molecule has 0 radical (unpaired) electrons. The molecule has 1 aromatic carbocycles. The number of nitrogens with zero attached hydrogens (tertiary/aromatic N) is 4. The van der Waals surface area contributed by atoms with Crippen LogP contribution in [0.2, 0.25) is 0 Å². The van der Waals surface area contributed by atoms with Crippen LogP contribution in [0, 0.1) is 0 Å². The van der Waals surface area contributed by atoms with Gasteiger partial charge in [0.15, 0.2) is 5.82 Å². The van der Waals surface area contributed by atoms with Crippen LogP contribution in [0.4, 0.5) is 17.5 Å². The Bertz CT molecular complexity index is 535. The first-order valence-electron chi connectivity index (χ1n) is 7.18. The average Bonchev–Trinajstić information content (AvgIpc) is 2.78. The molecule has 1 saturated heterocycles. The van der Waals surface area contributed by atoms with E-state index in [1.807, 2.05) is 30.3 Å². The quantitative estimate of drug-likeness (QED) is 0.928. The molecule has 0 saturated carbocycles. The minimum atomic E-state index is 0.729. The van der Waals surface area contributed by atoms with E-state index in [1.54, 1.807) is 6.20 Å². The van der Waals surface area contributed by atoms with Gasteiger partial charge in [-0.15, -0.1) is 5.10 Å². The monoisotopic (exact) mass is 269 g/mol. The summed E-state index contributed by atoms with van der Waals surface area (Å²) in [5.41, 5.74) is 1.01. The van der Waals surface area contributed by atoms with Crippen molar-refractivity contribution in [3.8, 4) is 0 Å². The van der Waals surface area contributed by atoms with Crippen LogP contribution in [0.25, 0.3) is 0 Å². The first kappa shape index (κ1) is 12.8. The normalized spacial score (nSPS) is 15.7. The van der Waals surface area contributed by atoms with E-state index in [9.17, 15) is 0 Å². The summed E-state index contributed by atoms with van der Waals surface area (Å²) < 4.78 is 0. The Kier molecular flexibility index (Phi) is 4.06. The number of nitrogens with one attached hydrogen (secondary N) is 1. The predicted octanol–water partition coefficient (Wildman–Crippen LogP) is 3.00. The van der Waals surface area contributed by atoms with Crippen molar-refractivity contribution in [3.63, 3.8) is 0 Å². The Morgan fingerprint density at radius 2 is 1.70 bits per heavy atom. The van der Waals surface area contributed by atoms with Crippen LogP contribution in [0.15, 0.2) is 36.5 Å². The maximum Gasteiger partial charge on any atom is 0.247 e. The molecule has 1 aromatic heterocycles. The van der Waals surface area contributed by atoms with Gasteiger partial charge in [-0.1, -0.05) is 31.0 Å². The van der Waals surface area contributed by atoms with E-state index in [2.05, 4.69) is 25.4 Å². The van der Waals surface area contributed by atoms with Crippen LogP contribution in [0.5, 0.6) is 0 Å². The minimum absolute atomic E-state index is 0.729. The Balaban J connectivity index is 1.75. The van der Waals surface area contributed by atoms with Crippen LogP contribution in [-0.4, -0.2) is 28.3 Å². The number of anilines is 3. The number of hydrogen-bond donors (Lipinski definition) is 1. The lowest BCUT2D eigenvalue weighted by molar-refractivity contribution is 0.726. The summed E-state index contributed by atoms with van der Waals surface area (Å²) in [5, 5.41) is 11.5. The van der Waals surface area contributed by atoms with Crippen molar-refractivity contribution >= 4 is 17.5 Å². The molecule has 1 fully saturated rings. The van der Waals surface area contributed by atoms with Gasteiger partial charge in [-0.3, -0.25) is 0 Å². The number of aromatic nitrogens is 3. The van der Waals surface area contributed by atoms with E-state index in [0.29, 0.717) is 0 Å². The van der Waals surface area contributed by atoms with Crippen LogP contribution in [0.1, 0.15) is 25.7 Å². The average molecular weight is 269 g/mol. The van der Waals surface area contributed by atoms with Gasteiger partial charge in [-0.25, -0.2) is 0 Å². The zero-order chi connectivity index (χ0) is 13.6. The minimum Gasteiger partial charge on any atom is -0.339 e. The zero-order valence-corrected chi connectivity index (χ0v) is 11.5. The standard InChI is InChI=1S/C15H19N5/c1-2-7-11-20(10-6-1)15-18-14(12-16-19-15)17-13-8-4-3-5-9-13/h3-5,8-9,12H,1-2,6-7,10-11H2,(H,17,18,19). The summed E-state index contributed by atoms with van der Waals surface area (Å²) in [4.78, 5) is 6.81. The highest BCUT2D eigenvalue weighted by Gasteiger charge is 2.13. The second-order valence-corrected chi connectivity index (χ2v) is 5.03. The van der Waals surface area contributed by atoms with E-state index < -0.39 is 0 Å². The van der Waals surface area contributed by atoms with Gasteiger partial charge in [0, 0.05) is 18.8 Å². The molecule has 3 rings (SSSR count). The Hall–Kier alpha value is -2.17.